The lowest BCUT2D eigenvalue weighted by molar-refractivity contribution is -0.156. The Morgan fingerprint density at radius 1 is 1.19 bits per heavy atom. The van der Waals surface area contributed by atoms with Crippen molar-refractivity contribution in [2.45, 2.75) is 46.5 Å². The fourth-order valence-electron chi connectivity index (χ4n) is 7.04. The summed E-state index contributed by atoms with van der Waals surface area (Å²) in [6, 6.07) is 0. The van der Waals surface area contributed by atoms with Gasteiger partial charge in [0.05, 0.1) is 0 Å². The zero-order valence-corrected chi connectivity index (χ0v) is 16.0. The van der Waals surface area contributed by atoms with Crippen molar-refractivity contribution in [3.8, 4) is 0 Å². The van der Waals surface area contributed by atoms with Crippen molar-refractivity contribution in [3.05, 3.63) is 23.8 Å². The van der Waals surface area contributed by atoms with Crippen LogP contribution in [0, 0.1) is 40.4 Å². The zero-order valence-electron chi connectivity index (χ0n) is 16.0. The first-order valence-electron chi connectivity index (χ1n) is 9.84. The van der Waals surface area contributed by atoms with Crippen LogP contribution in [0.25, 0.3) is 0 Å². The largest absolute Gasteiger partial charge is 0.475 e. The molecule has 5 heteroatoms. The van der Waals surface area contributed by atoms with E-state index < -0.39 is 28.5 Å². The van der Waals surface area contributed by atoms with Crippen LogP contribution in [-0.2, 0) is 19.2 Å². The molecule has 1 N–H and O–H groups in total. The van der Waals surface area contributed by atoms with Gasteiger partial charge in [-0.15, -0.1) is 0 Å². The van der Waals surface area contributed by atoms with Crippen molar-refractivity contribution in [2.75, 3.05) is 0 Å². The molecule has 0 amide bonds. The van der Waals surface area contributed by atoms with Crippen LogP contribution in [0.3, 0.4) is 0 Å². The number of hydrogen-bond donors (Lipinski definition) is 1. The molecule has 1 unspecified atom stereocenters. The summed E-state index contributed by atoms with van der Waals surface area (Å²) in [6.45, 7) is 6.12. The molecule has 0 aromatic heterocycles. The van der Waals surface area contributed by atoms with Gasteiger partial charge in [-0.25, -0.2) is 4.79 Å². The Kier molecular flexibility index (Phi) is 3.89. The summed E-state index contributed by atoms with van der Waals surface area (Å²) < 4.78 is 0. The summed E-state index contributed by atoms with van der Waals surface area (Å²) in [5.74, 6) is -2.33. The monoisotopic (exact) mass is 370 g/mol. The molecule has 5 nitrogen and oxygen atoms in total. The van der Waals surface area contributed by atoms with Gasteiger partial charge in [-0.3, -0.25) is 14.4 Å². The average molecular weight is 370 g/mol. The number of rotatable bonds is 2. The minimum absolute atomic E-state index is 0.0196. The lowest BCUT2D eigenvalue weighted by Gasteiger charge is -2.57. The van der Waals surface area contributed by atoms with Gasteiger partial charge in [-0.05, 0) is 54.6 Å². The van der Waals surface area contributed by atoms with Crippen molar-refractivity contribution < 1.29 is 24.3 Å². The number of hydrogen-bond acceptors (Lipinski definition) is 4. The molecule has 0 aromatic carbocycles. The third kappa shape index (κ3) is 2.36. The van der Waals surface area contributed by atoms with Crippen LogP contribution in [0.2, 0.25) is 0 Å². The summed E-state index contributed by atoms with van der Waals surface area (Å²) in [5, 5.41) is 9.22. The first-order valence-corrected chi connectivity index (χ1v) is 9.84. The summed E-state index contributed by atoms with van der Waals surface area (Å²) in [7, 11) is 0. The Labute approximate surface area is 158 Å². The lowest BCUT2D eigenvalue weighted by Crippen LogP contribution is -2.56. The highest BCUT2D eigenvalue weighted by atomic mass is 16.4. The molecule has 4 aliphatic rings. The van der Waals surface area contributed by atoms with Crippen LogP contribution in [0.4, 0.5) is 0 Å². The van der Waals surface area contributed by atoms with Gasteiger partial charge >= 0.3 is 5.97 Å². The number of fused-ring (bicyclic) bond motifs is 5. The topological polar surface area (TPSA) is 88.5 Å². The minimum atomic E-state index is -1.39. The number of Topliss-reactive ketones (excluding diaryl/α,β-unsaturated/α-hetero) is 2. The highest BCUT2D eigenvalue weighted by Gasteiger charge is 2.64. The molecule has 0 bridgehead atoms. The molecule has 0 spiro atoms. The van der Waals surface area contributed by atoms with E-state index in [-0.39, 0.29) is 41.7 Å². The molecule has 7 atom stereocenters. The van der Waals surface area contributed by atoms with Crippen molar-refractivity contribution in [1.29, 1.82) is 0 Å². The Morgan fingerprint density at radius 2 is 1.89 bits per heavy atom. The molecule has 4 aliphatic carbocycles. The highest BCUT2D eigenvalue weighted by molar-refractivity contribution is 6.33. The van der Waals surface area contributed by atoms with E-state index in [2.05, 4.69) is 13.8 Å². The third-order valence-electron chi connectivity index (χ3n) is 8.10. The number of carboxylic acids is 1. The van der Waals surface area contributed by atoms with Crippen LogP contribution < -0.4 is 0 Å². The third-order valence-corrected chi connectivity index (χ3v) is 8.10. The van der Waals surface area contributed by atoms with E-state index >= 15 is 0 Å². The molecular formula is C22H26O5. The normalized spacial score (nSPS) is 45.6. The van der Waals surface area contributed by atoms with Crippen LogP contribution in [-0.4, -0.2) is 28.4 Å². The Morgan fingerprint density at radius 3 is 2.56 bits per heavy atom. The molecule has 0 saturated heterocycles. The van der Waals surface area contributed by atoms with E-state index in [4.69, 9.17) is 0 Å². The van der Waals surface area contributed by atoms with Crippen molar-refractivity contribution in [2.24, 2.45) is 40.4 Å². The second kappa shape index (κ2) is 5.73. The zero-order chi connectivity index (χ0) is 19.7. The minimum Gasteiger partial charge on any atom is -0.475 e. The summed E-state index contributed by atoms with van der Waals surface area (Å²) in [5.41, 5.74) is 0.0207. The average Bonchev–Trinajstić information content (AvgIpc) is 2.92. The molecule has 3 fully saturated rings. The van der Waals surface area contributed by atoms with Crippen molar-refractivity contribution in [1.82, 2.24) is 0 Å². The Bertz CT molecular complexity index is 821. The number of ketones is 3. The van der Waals surface area contributed by atoms with Crippen molar-refractivity contribution in [3.63, 3.8) is 0 Å². The molecule has 27 heavy (non-hydrogen) atoms. The molecular weight excluding hydrogens is 344 g/mol. The maximum absolute atomic E-state index is 13.4. The van der Waals surface area contributed by atoms with Gasteiger partial charge in [-0.1, -0.05) is 32.4 Å². The summed E-state index contributed by atoms with van der Waals surface area (Å²) in [6.07, 6.45) is 7.59. The van der Waals surface area contributed by atoms with E-state index in [9.17, 15) is 24.3 Å². The van der Waals surface area contributed by atoms with E-state index in [0.29, 0.717) is 6.42 Å². The van der Waals surface area contributed by atoms with E-state index in [0.717, 1.165) is 18.4 Å². The summed E-state index contributed by atoms with van der Waals surface area (Å²) in [4.78, 5) is 48.9. The fourth-order valence-corrected chi connectivity index (χ4v) is 7.04. The predicted molar refractivity (Wildman–Crippen MR) is 97.7 cm³/mol. The van der Waals surface area contributed by atoms with Crippen LogP contribution in [0.15, 0.2) is 23.8 Å². The maximum Gasteiger partial charge on any atom is 0.372 e. The van der Waals surface area contributed by atoms with Crippen LogP contribution in [0.5, 0.6) is 0 Å². The number of allylic oxidation sites excluding steroid dienone is 4. The van der Waals surface area contributed by atoms with E-state index in [1.54, 1.807) is 12.2 Å². The second-order valence-corrected chi connectivity index (χ2v) is 9.45. The first kappa shape index (κ1) is 18.3. The molecule has 4 rings (SSSR count). The van der Waals surface area contributed by atoms with Crippen LogP contribution >= 0.6 is 0 Å². The van der Waals surface area contributed by atoms with Gasteiger partial charge in [0.1, 0.15) is 5.78 Å². The van der Waals surface area contributed by atoms with Gasteiger partial charge < -0.3 is 5.11 Å². The Balaban J connectivity index is 1.76. The number of carboxylic acid groups (broad SMARTS) is 1. The quantitative estimate of drug-likeness (QED) is 0.755. The van der Waals surface area contributed by atoms with Gasteiger partial charge in [0.15, 0.2) is 5.78 Å². The smallest absolute Gasteiger partial charge is 0.372 e. The maximum atomic E-state index is 13.4. The van der Waals surface area contributed by atoms with E-state index in [1.165, 1.54) is 0 Å². The first-order chi connectivity index (χ1) is 12.6. The molecule has 0 radical (unpaired) electrons. The van der Waals surface area contributed by atoms with Crippen molar-refractivity contribution >= 4 is 23.3 Å². The SMILES string of the molecule is CC1C[C@H]2[C@@H]3CC[C@H](C(=O)C(=O)O)[C@@]3(C)CC(=O)[C@@H]2[C@@]2(C)C=CC(=O)C=C12. The standard InChI is InChI=1S/C22H26O5/c1-11-8-13-14-4-5-15(19(25)20(26)27)22(14,3)10-17(24)18(13)21(2)7-6-12(23)9-16(11)21/h6-7,9,11,13-15,18H,4-5,8,10H2,1-3H3,(H,26,27)/t11?,13-,14-,15+,18+,21-,22-/m0/s1. The molecule has 3 saturated carbocycles. The van der Waals surface area contributed by atoms with E-state index in [1.807, 2.05) is 13.0 Å². The van der Waals surface area contributed by atoms with Gasteiger partial charge in [0, 0.05) is 23.7 Å². The lowest BCUT2D eigenvalue weighted by atomic mass is 9.45. The predicted octanol–water partition coefficient (Wildman–Crippen LogP) is 2.99. The highest BCUT2D eigenvalue weighted by Crippen LogP contribution is 2.65. The Hall–Kier alpha value is -2.04. The fraction of sp³-hybridized carbons (Fsp3) is 0.636. The number of aliphatic carboxylic acids is 1. The number of carbonyl (C=O) groups excluding carboxylic acids is 3. The molecule has 0 aromatic rings. The van der Waals surface area contributed by atoms with Gasteiger partial charge in [0.25, 0.3) is 0 Å². The van der Waals surface area contributed by atoms with Gasteiger partial charge in [0.2, 0.25) is 5.78 Å². The van der Waals surface area contributed by atoms with Gasteiger partial charge in [-0.2, -0.15) is 0 Å². The summed E-state index contributed by atoms with van der Waals surface area (Å²) >= 11 is 0. The molecule has 0 heterocycles. The molecule has 144 valence electrons. The van der Waals surface area contributed by atoms with Crippen LogP contribution in [0.1, 0.15) is 46.5 Å². The second-order valence-electron chi connectivity index (χ2n) is 9.45. The molecule has 0 aliphatic heterocycles. The number of carbonyl (C=O) groups is 4.